The fourth-order valence-electron chi connectivity index (χ4n) is 1.74. The second-order valence-corrected chi connectivity index (χ2v) is 4.28. The fourth-order valence-corrected chi connectivity index (χ4v) is 1.74. The van der Waals surface area contributed by atoms with Gasteiger partial charge < -0.3 is 0 Å². The Morgan fingerprint density at radius 2 is 1.50 bits per heavy atom. The minimum absolute atomic E-state index is 0.0413. The van der Waals surface area contributed by atoms with Gasteiger partial charge in [-0.3, -0.25) is 0 Å². The highest BCUT2D eigenvalue weighted by molar-refractivity contribution is 5.51. The summed E-state index contributed by atoms with van der Waals surface area (Å²) < 4.78 is 0. The van der Waals surface area contributed by atoms with Gasteiger partial charge in [0.25, 0.3) is 0 Å². The van der Waals surface area contributed by atoms with E-state index in [2.05, 4.69) is 41.9 Å². The lowest BCUT2D eigenvalue weighted by Crippen LogP contribution is -1.87. The van der Waals surface area contributed by atoms with Crippen LogP contribution in [0.4, 0.5) is 0 Å². The van der Waals surface area contributed by atoms with Crippen LogP contribution in [0.25, 0.3) is 6.08 Å². The van der Waals surface area contributed by atoms with E-state index in [4.69, 9.17) is 0 Å². The minimum atomic E-state index is -0.0413. The highest BCUT2D eigenvalue weighted by Gasteiger charge is 1.94. The SMILES string of the molecule is CC#CC(C#Cc1ccccc1)/C=C/c1ccccc1. The molecule has 0 saturated carbocycles. The van der Waals surface area contributed by atoms with E-state index in [1.807, 2.05) is 61.5 Å². The minimum Gasteiger partial charge on any atom is -0.105 e. The van der Waals surface area contributed by atoms with Crippen LogP contribution in [0.1, 0.15) is 18.1 Å². The Balaban J connectivity index is 2.14. The Kier molecular flexibility index (Phi) is 5.27. The molecule has 0 aliphatic rings. The number of allylic oxidation sites excluding steroid dienone is 1. The second-order valence-electron chi connectivity index (χ2n) is 4.28. The van der Waals surface area contributed by atoms with Crippen LogP contribution in [0.3, 0.4) is 0 Å². The van der Waals surface area contributed by atoms with Crippen LogP contribution in [0.2, 0.25) is 0 Å². The first kappa shape index (κ1) is 13.7. The first-order valence-corrected chi connectivity index (χ1v) is 6.60. The Morgan fingerprint density at radius 3 is 2.15 bits per heavy atom. The number of hydrogen-bond acceptors (Lipinski definition) is 0. The van der Waals surface area contributed by atoms with Gasteiger partial charge in [-0.2, -0.15) is 0 Å². The molecule has 0 radical (unpaired) electrons. The summed E-state index contributed by atoms with van der Waals surface area (Å²) in [6.45, 7) is 1.84. The second kappa shape index (κ2) is 7.67. The van der Waals surface area contributed by atoms with Crippen molar-refractivity contribution < 1.29 is 0 Å². The van der Waals surface area contributed by atoms with Crippen molar-refractivity contribution in [3.05, 3.63) is 77.9 Å². The number of rotatable bonds is 2. The molecule has 0 heterocycles. The van der Waals surface area contributed by atoms with Gasteiger partial charge in [0.2, 0.25) is 0 Å². The van der Waals surface area contributed by atoms with Crippen LogP contribution in [0.5, 0.6) is 0 Å². The van der Waals surface area contributed by atoms with Gasteiger partial charge >= 0.3 is 0 Å². The summed E-state index contributed by atoms with van der Waals surface area (Å²) in [7, 11) is 0. The molecule has 1 unspecified atom stereocenters. The monoisotopic (exact) mass is 256 g/mol. The average Bonchev–Trinajstić information content (AvgIpc) is 2.52. The van der Waals surface area contributed by atoms with Crippen LogP contribution >= 0.6 is 0 Å². The summed E-state index contributed by atoms with van der Waals surface area (Å²) >= 11 is 0. The van der Waals surface area contributed by atoms with Gasteiger partial charge in [-0.05, 0) is 24.6 Å². The van der Waals surface area contributed by atoms with E-state index in [0.717, 1.165) is 11.1 Å². The lowest BCUT2D eigenvalue weighted by Gasteiger charge is -1.95. The van der Waals surface area contributed by atoms with E-state index < -0.39 is 0 Å². The molecule has 0 aromatic heterocycles. The number of hydrogen-bond donors (Lipinski definition) is 0. The Morgan fingerprint density at radius 1 is 0.850 bits per heavy atom. The molecule has 0 fully saturated rings. The first-order chi connectivity index (χ1) is 9.88. The van der Waals surface area contributed by atoms with Crippen molar-refractivity contribution in [3.8, 4) is 23.7 Å². The highest BCUT2D eigenvalue weighted by Crippen LogP contribution is 2.05. The van der Waals surface area contributed by atoms with Crippen molar-refractivity contribution in [3.63, 3.8) is 0 Å². The quantitative estimate of drug-likeness (QED) is 0.699. The Labute approximate surface area is 121 Å². The predicted octanol–water partition coefficient (Wildman–Crippen LogP) is 4.39. The maximum atomic E-state index is 3.20. The summed E-state index contributed by atoms with van der Waals surface area (Å²) in [6, 6.07) is 20.2. The molecular formula is C20H16. The molecule has 2 rings (SSSR count). The Bertz CT molecular complexity index is 671. The van der Waals surface area contributed by atoms with Crippen molar-refractivity contribution in [2.45, 2.75) is 6.92 Å². The molecule has 0 nitrogen and oxygen atoms in total. The molecular weight excluding hydrogens is 240 g/mol. The molecule has 2 aromatic carbocycles. The predicted molar refractivity (Wildman–Crippen MR) is 85.7 cm³/mol. The fraction of sp³-hybridized carbons (Fsp3) is 0.100. The zero-order chi connectivity index (χ0) is 14.0. The third-order valence-electron chi connectivity index (χ3n) is 2.73. The van der Waals surface area contributed by atoms with Gasteiger partial charge in [-0.25, -0.2) is 0 Å². The van der Waals surface area contributed by atoms with Gasteiger partial charge in [0.05, 0.1) is 5.92 Å². The zero-order valence-corrected chi connectivity index (χ0v) is 11.5. The molecule has 2 aromatic rings. The zero-order valence-electron chi connectivity index (χ0n) is 11.5. The molecule has 0 amide bonds. The third kappa shape index (κ3) is 4.52. The van der Waals surface area contributed by atoms with Gasteiger partial charge in [0.15, 0.2) is 0 Å². The van der Waals surface area contributed by atoms with Crippen molar-refractivity contribution in [1.82, 2.24) is 0 Å². The van der Waals surface area contributed by atoms with Crippen LogP contribution in [-0.2, 0) is 0 Å². The van der Waals surface area contributed by atoms with Gasteiger partial charge in [-0.15, -0.1) is 5.92 Å². The van der Waals surface area contributed by atoms with Crippen molar-refractivity contribution in [2.75, 3.05) is 0 Å². The van der Waals surface area contributed by atoms with E-state index in [1.165, 1.54) is 0 Å². The standard InChI is InChI=1S/C20H16/c1-2-9-18(14-16-19-10-5-3-6-11-19)15-17-20-12-7-4-8-13-20/h3-8,10-14,16,18H,1H3/b16-14+. The van der Waals surface area contributed by atoms with Gasteiger partial charge in [-0.1, -0.05) is 78.4 Å². The van der Waals surface area contributed by atoms with Crippen molar-refractivity contribution in [1.29, 1.82) is 0 Å². The normalized spacial score (nSPS) is 11.1. The highest BCUT2D eigenvalue weighted by atomic mass is 14.0. The van der Waals surface area contributed by atoms with E-state index in [1.54, 1.807) is 0 Å². The van der Waals surface area contributed by atoms with Crippen LogP contribution in [0.15, 0.2) is 66.7 Å². The molecule has 0 heteroatoms. The summed E-state index contributed by atoms with van der Waals surface area (Å²) in [5.41, 5.74) is 2.18. The first-order valence-electron chi connectivity index (χ1n) is 6.60. The molecule has 96 valence electrons. The molecule has 0 spiro atoms. The molecule has 0 bridgehead atoms. The summed E-state index contributed by atoms with van der Waals surface area (Å²) in [6.07, 6.45) is 4.11. The molecule has 1 atom stereocenters. The average molecular weight is 256 g/mol. The third-order valence-corrected chi connectivity index (χ3v) is 2.73. The summed E-state index contributed by atoms with van der Waals surface area (Å²) in [4.78, 5) is 0. The van der Waals surface area contributed by atoms with Crippen LogP contribution in [-0.4, -0.2) is 0 Å². The topological polar surface area (TPSA) is 0 Å². The molecule has 0 saturated heterocycles. The lowest BCUT2D eigenvalue weighted by molar-refractivity contribution is 1.18. The van der Waals surface area contributed by atoms with E-state index in [9.17, 15) is 0 Å². The molecule has 0 aliphatic carbocycles. The van der Waals surface area contributed by atoms with Gasteiger partial charge in [0.1, 0.15) is 0 Å². The maximum absolute atomic E-state index is 3.20. The van der Waals surface area contributed by atoms with Gasteiger partial charge in [0, 0.05) is 5.56 Å². The van der Waals surface area contributed by atoms with E-state index >= 15 is 0 Å². The smallest absolute Gasteiger partial charge is 0.0998 e. The number of benzene rings is 2. The maximum Gasteiger partial charge on any atom is 0.0998 e. The van der Waals surface area contributed by atoms with E-state index in [-0.39, 0.29) is 5.92 Å². The molecule has 0 N–H and O–H groups in total. The Hall–Kier alpha value is -2.70. The summed E-state index contributed by atoms with van der Waals surface area (Å²) in [5.74, 6) is 12.4. The van der Waals surface area contributed by atoms with E-state index in [0.29, 0.717) is 0 Å². The van der Waals surface area contributed by atoms with Crippen molar-refractivity contribution >= 4 is 6.08 Å². The molecule has 0 aliphatic heterocycles. The lowest BCUT2D eigenvalue weighted by atomic mass is 10.1. The largest absolute Gasteiger partial charge is 0.105 e. The van der Waals surface area contributed by atoms with Crippen LogP contribution in [0, 0.1) is 29.6 Å². The molecule has 20 heavy (non-hydrogen) atoms. The summed E-state index contributed by atoms with van der Waals surface area (Å²) in [5, 5.41) is 0. The van der Waals surface area contributed by atoms with Crippen molar-refractivity contribution in [2.24, 2.45) is 5.92 Å². The van der Waals surface area contributed by atoms with Crippen LogP contribution < -0.4 is 0 Å².